The Bertz CT molecular complexity index is 1140. The maximum Gasteiger partial charge on any atom is 0.342 e. The highest BCUT2D eigenvalue weighted by Crippen LogP contribution is 2.38. The first-order valence-electron chi connectivity index (χ1n) is 8.15. The highest BCUT2D eigenvalue weighted by atomic mass is 79.9. The molecule has 0 aliphatic heterocycles. The van der Waals surface area contributed by atoms with Crippen LogP contribution in [0.5, 0.6) is 11.5 Å². The van der Waals surface area contributed by atoms with Crippen LogP contribution >= 0.6 is 55.2 Å². The van der Waals surface area contributed by atoms with E-state index in [2.05, 4.69) is 42.1 Å². The van der Waals surface area contributed by atoms with E-state index in [1.807, 2.05) is 0 Å². The van der Waals surface area contributed by atoms with Crippen LogP contribution in [0.15, 0.2) is 53.8 Å². The molecule has 1 aromatic heterocycles. The molecular formula is C19H13Br2ClN2O5S. The summed E-state index contributed by atoms with van der Waals surface area (Å²) in [6, 6.07) is 8.51. The normalized spacial score (nSPS) is 11.4. The SMILES string of the molecule is COc1ccc(Cl)cc1-c1nnc(S/C(=C\c2cc(Br)cc(Br)c2OC)C(=O)O)o1. The number of hydrogen-bond acceptors (Lipinski definition) is 7. The quantitative estimate of drug-likeness (QED) is 0.264. The van der Waals surface area contributed by atoms with Crippen LogP contribution in [0.3, 0.4) is 0 Å². The van der Waals surface area contributed by atoms with E-state index in [4.69, 9.17) is 25.5 Å². The Kier molecular flexibility index (Phi) is 7.45. The van der Waals surface area contributed by atoms with Crippen molar-refractivity contribution in [3.8, 4) is 23.0 Å². The zero-order valence-electron chi connectivity index (χ0n) is 15.5. The predicted octanol–water partition coefficient (Wildman–Crippen LogP) is 6.15. The Morgan fingerprint density at radius 2 is 1.97 bits per heavy atom. The lowest BCUT2D eigenvalue weighted by atomic mass is 10.2. The summed E-state index contributed by atoms with van der Waals surface area (Å²) in [6.07, 6.45) is 1.46. The van der Waals surface area contributed by atoms with Gasteiger partial charge in [0.25, 0.3) is 11.1 Å². The molecule has 1 heterocycles. The Hall–Kier alpha value is -2.01. The van der Waals surface area contributed by atoms with Gasteiger partial charge in [0.05, 0.1) is 24.3 Å². The fourth-order valence-corrected chi connectivity index (χ4v) is 4.74. The van der Waals surface area contributed by atoms with Gasteiger partial charge in [-0.05, 0) is 64.1 Å². The number of nitrogens with zero attached hydrogens (tertiary/aromatic N) is 2. The lowest BCUT2D eigenvalue weighted by molar-refractivity contribution is -0.131. The first-order valence-corrected chi connectivity index (χ1v) is 10.9. The molecule has 0 amide bonds. The topological polar surface area (TPSA) is 94.7 Å². The zero-order chi connectivity index (χ0) is 21.8. The summed E-state index contributed by atoms with van der Waals surface area (Å²) in [6.45, 7) is 0. The maximum absolute atomic E-state index is 11.8. The van der Waals surface area contributed by atoms with Gasteiger partial charge in [-0.2, -0.15) is 0 Å². The molecule has 0 saturated carbocycles. The minimum Gasteiger partial charge on any atom is -0.496 e. The summed E-state index contributed by atoms with van der Waals surface area (Å²) >= 11 is 13.6. The van der Waals surface area contributed by atoms with Gasteiger partial charge in [-0.15, -0.1) is 10.2 Å². The number of ether oxygens (including phenoxy) is 2. The lowest BCUT2D eigenvalue weighted by Crippen LogP contribution is -1.98. The summed E-state index contributed by atoms with van der Waals surface area (Å²) in [5, 5.41) is 18.1. The van der Waals surface area contributed by atoms with Crippen LogP contribution in [0.2, 0.25) is 5.02 Å². The van der Waals surface area contributed by atoms with Crippen LogP contribution in [-0.2, 0) is 4.79 Å². The molecule has 156 valence electrons. The molecule has 30 heavy (non-hydrogen) atoms. The van der Waals surface area contributed by atoms with Gasteiger partial charge in [-0.3, -0.25) is 0 Å². The number of carbonyl (C=O) groups is 1. The molecule has 2 aromatic carbocycles. The molecule has 0 saturated heterocycles. The summed E-state index contributed by atoms with van der Waals surface area (Å²) in [7, 11) is 3.01. The average Bonchev–Trinajstić information content (AvgIpc) is 3.15. The van der Waals surface area contributed by atoms with Crippen molar-refractivity contribution in [1.82, 2.24) is 10.2 Å². The highest BCUT2D eigenvalue weighted by molar-refractivity contribution is 9.11. The van der Waals surface area contributed by atoms with Gasteiger partial charge in [0, 0.05) is 15.1 Å². The van der Waals surface area contributed by atoms with Crippen molar-refractivity contribution in [2.24, 2.45) is 0 Å². The molecule has 0 aliphatic rings. The Labute approximate surface area is 197 Å². The van der Waals surface area contributed by atoms with E-state index in [1.165, 1.54) is 20.3 Å². The molecule has 0 bridgehead atoms. The Morgan fingerprint density at radius 3 is 2.63 bits per heavy atom. The van der Waals surface area contributed by atoms with Gasteiger partial charge in [0.2, 0.25) is 0 Å². The third-order valence-corrected chi connectivity index (χ3v) is 5.87. The van der Waals surface area contributed by atoms with Crippen molar-refractivity contribution >= 4 is 67.3 Å². The third kappa shape index (κ3) is 5.18. The molecule has 11 heteroatoms. The van der Waals surface area contributed by atoms with E-state index in [9.17, 15) is 9.90 Å². The Balaban J connectivity index is 1.96. The molecule has 3 rings (SSSR count). The Morgan fingerprint density at radius 1 is 1.20 bits per heavy atom. The highest BCUT2D eigenvalue weighted by Gasteiger charge is 2.19. The van der Waals surface area contributed by atoms with Gasteiger partial charge < -0.3 is 19.0 Å². The van der Waals surface area contributed by atoms with Gasteiger partial charge in [-0.1, -0.05) is 27.5 Å². The van der Waals surface area contributed by atoms with Crippen molar-refractivity contribution in [2.75, 3.05) is 14.2 Å². The molecule has 0 spiro atoms. The molecule has 7 nitrogen and oxygen atoms in total. The summed E-state index contributed by atoms with van der Waals surface area (Å²) in [5.41, 5.74) is 1.06. The summed E-state index contributed by atoms with van der Waals surface area (Å²) < 4.78 is 17.7. The molecule has 0 fully saturated rings. The second-order valence-corrected chi connectivity index (χ2v) is 8.84. The van der Waals surface area contributed by atoms with Crippen LogP contribution in [-0.4, -0.2) is 35.5 Å². The summed E-state index contributed by atoms with van der Waals surface area (Å²) in [4.78, 5) is 11.8. The second kappa shape index (κ2) is 9.86. The number of aromatic nitrogens is 2. The van der Waals surface area contributed by atoms with E-state index in [-0.39, 0.29) is 16.0 Å². The molecule has 0 aliphatic carbocycles. The van der Waals surface area contributed by atoms with Crippen LogP contribution in [0.1, 0.15) is 5.56 Å². The molecule has 0 atom stereocenters. The number of carboxylic acid groups (broad SMARTS) is 1. The number of benzene rings is 2. The minimum absolute atomic E-state index is 0.0356. The molecule has 0 unspecified atom stereocenters. The van der Waals surface area contributed by atoms with Gasteiger partial charge in [-0.25, -0.2) is 4.79 Å². The number of hydrogen-bond donors (Lipinski definition) is 1. The molecular weight excluding hydrogens is 564 g/mol. The smallest absolute Gasteiger partial charge is 0.342 e. The second-order valence-electron chi connectivity index (χ2n) is 5.64. The van der Waals surface area contributed by atoms with E-state index in [0.717, 1.165) is 16.2 Å². The lowest BCUT2D eigenvalue weighted by Gasteiger charge is -2.09. The number of methoxy groups -OCH3 is 2. The maximum atomic E-state index is 11.8. The van der Waals surface area contributed by atoms with E-state index < -0.39 is 5.97 Å². The van der Waals surface area contributed by atoms with Crippen LogP contribution in [0.25, 0.3) is 17.5 Å². The molecule has 1 N–H and O–H groups in total. The first-order chi connectivity index (χ1) is 14.3. The van der Waals surface area contributed by atoms with Gasteiger partial charge in [0.15, 0.2) is 0 Å². The van der Waals surface area contributed by atoms with Crippen molar-refractivity contribution < 1.29 is 23.8 Å². The standard InChI is InChI=1S/C19H13Br2ClN2O5S/c1-27-14-4-3-11(22)8-12(14)17-23-24-19(29-17)30-15(18(25)26)6-9-5-10(20)7-13(21)16(9)28-2/h3-8H,1-2H3,(H,25,26)/b15-6-. The van der Waals surface area contributed by atoms with Crippen molar-refractivity contribution in [3.63, 3.8) is 0 Å². The zero-order valence-corrected chi connectivity index (χ0v) is 20.2. The first kappa shape index (κ1) is 22.7. The fourth-order valence-electron chi connectivity index (χ4n) is 2.48. The number of rotatable bonds is 7. The number of halogens is 3. The third-order valence-electron chi connectivity index (χ3n) is 3.73. The fraction of sp³-hybridized carbons (Fsp3) is 0.105. The van der Waals surface area contributed by atoms with E-state index in [1.54, 1.807) is 30.3 Å². The largest absolute Gasteiger partial charge is 0.496 e. The van der Waals surface area contributed by atoms with Gasteiger partial charge >= 0.3 is 5.97 Å². The van der Waals surface area contributed by atoms with Crippen molar-refractivity contribution in [3.05, 3.63) is 54.8 Å². The number of thioether (sulfide) groups is 1. The van der Waals surface area contributed by atoms with E-state index >= 15 is 0 Å². The van der Waals surface area contributed by atoms with Crippen LogP contribution in [0.4, 0.5) is 0 Å². The van der Waals surface area contributed by atoms with Crippen molar-refractivity contribution in [2.45, 2.75) is 5.22 Å². The van der Waals surface area contributed by atoms with Crippen LogP contribution < -0.4 is 9.47 Å². The van der Waals surface area contributed by atoms with E-state index in [0.29, 0.717) is 32.1 Å². The predicted molar refractivity (Wildman–Crippen MR) is 121 cm³/mol. The minimum atomic E-state index is -1.15. The summed E-state index contributed by atoms with van der Waals surface area (Å²) in [5.74, 6) is -0.00707. The van der Waals surface area contributed by atoms with Gasteiger partial charge in [0.1, 0.15) is 16.4 Å². The molecule has 3 aromatic rings. The van der Waals surface area contributed by atoms with Crippen molar-refractivity contribution in [1.29, 1.82) is 0 Å². The molecule has 0 radical (unpaired) electrons. The number of carboxylic acids is 1. The average molecular weight is 577 g/mol. The number of aliphatic carboxylic acids is 1. The van der Waals surface area contributed by atoms with Crippen LogP contribution in [0, 0.1) is 0 Å². The monoisotopic (exact) mass is 574 g/mol.